The molecule has 1 aliphatic heterocycles. The van der Waals surface area contributed by atoms with E-state index in [1.54, 1.807) is 30.3 Å². The number of hydrogen-bond acceptors (Lipinski definition) is 6. The Bertz CT molecular complexity index is 937. The number of esters is 1. The summed E-state index contributed by atoms with van der Waals surface area (Å²) in [6.07, 6.45) is 0. The molecule has 0 bridgehead atoms. The average molecular weight is 398 g/mol. The molecule has 0 aromatic heterocycles. The number of fused-ring (bicyclic) bond motifs is 1. The van der Waals surface area contributed by atoms with Crippen LogP contribution in [0.5, 0.6) is 11.5 Å². The van der Waals surface area contributed by atoms with Crippen molar-refractivity contribution >= 4 is 29.2 Å². The number of rotatable bonds is 5. The summed E-state index contributed by atoms with van der Waals surface area (Å²) in [5.41, 5.74) is -0.0274. The van der Waals surface area contributed by atoms with Gasteiger partial charge in [0.05, 0.1) is 12.7 Å². The van der Waals surface area contributed by atoms with E-state index in [0.717, 1.165) is 0 Å². The van der Waals surface area contributed by atoms with E-state index < -0.39 is 23.2 Å². The highest BCUT2D eigenvalue weighted by molar-refractivity contribution is 6.14. The lowest BCUT2D eigenvalue weighted by Crippen LogP contribution is -2.41. The van der Waals surface area contributed by atoms with Crippen molar-refractivity contribution in [1.29, 1.82) is 0 Å². The number of hydrogen-bond donors (Lipinski definition) is 2. The van der Waals surface area contributed by atoms with Crippen LogP contribution in [0.1, 0.15) is 24.2 Å². The van der Waals surface area contributed by atoms with Gasteiger partial charge in [-0.15, -0.1) is 0 Å². The topological polar surface area (TPSA) is 103 Å². The van der Waals surface area contributed by atoms with Gasteiger partial charge in [-0.2, -0.15) is 0 Å². The lowest BCUT2D eigenvalue weighted by Gasteiger charge is -2.24. The van der Waals surface area contributed by atoms with Gasteiger partial charge in [0.15, 0.2) is 11.5 Å². The smallest absolute Gasteiger partial charge is 0.337 e. The molecule has 2 N–H and O–H groups in total. The van der Waals surface area contributed by atoms with Crippen LogP contribution >= 0.6 is 0 Å². The van der Waals surface area contributed by atoms with Crippen molar-refractivity contribution in [2.24, 2.45) is 5.41 Å². The van der Waals surface area contributed by atoms with Crippen molar-refractivity contribution < 1.29 is 28.6 Å². The number of nitrogens with one attached hydrogen (secondary N) is 2. The zero-order chi connectivity index (χ0) is 21.0. The van der Waals surface area contributed by atoms with Crippen LogP contribution in [0.3, 0.4) is 0 Å². The molecule has 2 amide bonds. The maximum atomic E-state index is 12.7. The molecule has 2 aromatic carbocycles. The van der Waals surface area contributed by atoms with Crippen molar-refractivity contribution in [3.8, 4) is 11.5 Å². The van der Waals surface area contributed by atoms with Gasteiger partial charge in [0.2, 0.25) is 11.8 Å². The average Bonchev–Trinajstić information content (AvgIpc) is 2.73. The molecule has 0 atom stereocenters. The third-order valence-electron chi connectivity index (χ3n) is 4.50. The molecular formula is C21H22N2O6. The summed E-state index contributed by atoms with van der Waals surface area (Å²) < 4.78 is 15.6. The van der Waals surface area contributed by atoms with Gasteiger partial charge in [-0.05, 0) is 50.2 Å². The Balaban J connectivity index is 1.66. The van der Waals surface area contributed by atoms with Crippen LogP contribution in [0, 0.1) is 5.41 Å². The Morgan fingerprint density at radius 1 is 0.862 bits per heavy atom. The number of anilines is 2. The zero-order valence-electron chi connectivity index (χ0n) is 16.4. The molecule has 0 saturated carbocycles. The highest BCUT2D eigenvalue weighted by Crippen LogP contribution is 2.33. The van der Waals surface area contributed by atoms with Gasteiger partial charge in [0.1, 0.15) is 18.6 Å². The van der Waals surface area contributed by atoms with Gasteiger partial charge >= 0.3 is 5.97 Å². The highest BCUT2D eigenvalue weighted by atomic mass is 16.6. The van der Waals surface area contributed by atoms with Crippen molar-refractivity contribution in [3.05, 3.63) is 48.0 Å². The summed E-state index contributed by atoms with van der Waals surface area (Å²) in [7, 11) is 1.29. The molecule has 1 aliphatic rings. The van der Waals surface area contributed by atoms with Crippen LogP contribution in [-0.4, -0.2) is 38.1 Å². The van der Waals surface area contributed by atoms with Crippen LogP contribution in [0.25, 0.3) is 0 Å². The minimum absolute atomic E-state index is 0.362. The monoisotopic (exact) mass is 398 g/mol. The Kier molecular flexibility index (Phi) is 5.72. The van der Waals surface area contributed by atoms with Crippen LogP contribution < -0.4 is 20.1 Å². The van der Waals surface area contributed by atoms with E-state index in [9.17, 15) is 14.4 Å². The maximum Gasteiger partial charge on any atom is 0.337 e. The first-order valence-electron chi connectivity index (χ1n) is 9.02. The van der Waals surface area contributed by atoms with Crippen LogP contribution in [0.2, 0.25) is 0 Å². The fourth-order valence-corrected chi connectivity index (χ4v) is 2.61. The molecule has 0 radical (unpaired) electrons. The second kappa shape index (κ2) is 8.22. The normalized spacial score (nSPS) is 12.7. The molecule has 0 aliphatic carbocycles. The fourth-order valence-electron chi connectivity index (χ4n) is 2.61. The molecule has 152 valence electrons. The van der Waals surface area contributed by atoms with Gasteiger partial charge in [-0.1, -0.05) is 0 Å². The predicted molar refractivity (Wildman–Crippen MR) is 106 cm³/mol. The summed E-state index contributed by atoms with van der Waals surface area (Å²) in [6, 6.07) is 11.3. The van der Waals surface area contributed by atoms with E-state index in [1.807, 2.05) is 0 Å². The van der Waals surface area contributed by atoms with Crippen molar-refractivity contribution in [2.75, 3.05) is 31.0 Å². The van der Waals surface area contributed by atoms with Crippen molar-refractivity contribution in [3.63, 3.8) is 0 Å². The Labute approximate surface area is 168 Å². The third-order valence-corrected chi connectivity index (χ3v) is 4.50. The van der Waals surface area contributed by atoms with Gasteiger partial charge in [0.25, 0.3) is 0 Å². The SMILES string of the molecule is COC(=O)c1ccc(NC(=O)C(C)(C)C(=O)Nc2ccc3c(c2)OCCO3)cc1. The first-order chi connectivity index (χ1) is 13.8. The van der Waals surface area contributed by atoms with E-state index >= 15 is 0 Å². The summed E-state index contributed by atoms with van der Waals surface area (Å²) in [6.45, 7) is 3.97. The molecule has 0 saturated heterocycles. The number of methoxy groups -OCH3 is 1. The fraction of sp³-hybridized carbons (Fsp3) is 0.286. The first-order valence-corrected chi connectivity index (χ1v) is 9.02. The van der Waals surface area contributed by atoms with Crippen LogP contribution in [-0.2, 0) is 14.3 Å². The molecule has 0 unspecified atom stereocenters. The quantitative estimate of drug-likeness (QED) is 0.593. The largest absolute Gasteiger partial charge is 0.486 e. The second-order valence-corrected chi connectivity index (χ2v) is 6.96. The van der Waals surface area contributed by atoms with Crippen LogP contribution in [0.15, 0.2) is 42.5 Å². The Hall–Kier alpha value is -3.55. The van der Waals surface area contributed by atoms with Crippen molar-refractivity contribution in [1.82, 2.24) is 0 Å². The van der Waals surface area contributed by atoms with Crippen LogP contribution in [0.4, 0.5) is 11.4 Å². The molecule has 2 aromatic rings. The van der Waals surface area contributed by atoms with Gasteiger partial charge in [-0.3, -0.25) is 9.59 Å². The molecule has 0 spiro atoms. The highest BCUT2D eigenvalue weighted by Gasteiger charge is 2.36. The lowest BCUT2D eigenvalue weighted by molar-refractivity contribution is -0.135. The second-order valence-electron chi connectivity index (χ2n) is 6.96. The summed E-state index contributed by atoms with van der Waals surface area (Å²) in [5, 5.41) is 5.42. The maximum absolute atomic E-state index is 12.7. The first kappa shape index (κ1) is 20.2. The number of benzene rings is 2. The zero-order valence-corrected chi connectivity index (χ0v) is 16.4. The van der Waals surface area contributed by atoms with Gasteiger partial charge < -0.3 is 24.8 Å². The lowest BCUT2D eigenvalue weighted by atomic mass is 9.90. The summed E-state index contributed by atoms with van der Waals surface area (Å²) in [5.74, 6) is -0.276. The molecule has 8 nitrogen and oxygen atoms in total. The van der Waals surface area contributed by atoms with Gasteiger partial charge in [-0.25, -0.2) is 4.79 Å². The minimum Gasteiger partial charge on any atom is -0.486 e. The standard InChI is InChI=1S/C21H22N2O6/c1-21(2,19(25)22-14-6-4-13(5-7-14)18(24)27-3)20(26)23-15-8-9-16-17(12-15)29-11-10-28-16/h4-9,12H,10-11H2,1-3H3,(H,22,25)(H,23,26). The molecule has 3 rings (SSSR count). The van der Waals surface area contributed by atoms with E-state index in [2.05, 4.69) is 15.4 Å². The number of carbonyl (C=O) groups is 3. The Morgan fingerprint density at radius 3 is 2.03 bits per heavy atom. The molecular weight excluding hydrogens is 376 g/mol. The molecule has 0 fully saturated rings. The number of carbonyl (C=O) groups excluding carboxylic acids is 3. The number of amides is 2. The minimum atomic E-state index is -1.35. The number of ether oxygens (including phenoxy) is 3. The molecule has 29 heavy (non-hydrogen) atoms. The Morgan fingerprint density at radius 2 is 1.41 bits per heavy atom. The van der Waals surface area contributed by atoms with Crippen molar-refractivity contribution in [2.45, 2.75) is 13.8 Å². The summed E-state index contributed by atoms with van der Waals surface area (Å²) in [4.78, 5) is 36.9. The predicted octanol–water partition coefficient (Wildman–Crippen LogP) is 2.85. The molecule has 1 heterocycles. The van der Waals surface area contributed by atoms with Gasteiger partial charge in [0, 0.05) is 17.4 Å². The molecule has 8 heteroatoms. The van der Waals surface area contributed by atoms with E-state index in [-0.39, 0.29) is 0 Å². The third kappa shape index (κ3) is 4.48. The van der Waals surface area contributed by atoms with E-state index in [0.29, 0.717) is 41.7 Å². The van der Waals surface area contributed by atoms with E-state index in [1.165, 1.54) is 33.1 Å². The summed E-state index contributed by atoms with van der Waals surface area (Å²) >= 11 is 0. The van der Waals surface area contributed by atoms with E-state index in [4.69, 9.17) is 9.47 Å².